The number of thiazole rings is 1. The summed E-state index contributed by atoms with van der Waals surface area (Å²) in [5, 5.41) is 8.51. The predicted octanol–water partition coefficient (Wildman–Crippen LogP) is 2.50. The van der Waals surface area contributed by atoms with Crippen LogP contribution in [0, 0.1) is 11.8 Å². The number of carbonyl (C=O) groups excluding carboxylic acids is 3. The molecule has 0 spiro atoms. The fraction of sp³-hybridized carbons (Fsp3) is 0.700. The third-order valence-electron chi connectivity index (χ3n) is 5.39. The second-order valence-corrected chi connectivity index (χ2v) is 9.02. The number of hydrogen-bond acceptors (Lipinski definition) is 5. The van der Waals surface area contributed by atoms with Crippen LogP contribution in [-0.4, -0.2) is 47.2 Å². The predicted molar refractivity (Wildman–Crippen MR) is 108 cm³/mol. The van der Waals surface area contributed by atoms with Crippen LogP contribution in [0.5, 0.6) is 0 Å². The Kier molecular flexibility index (Phi) is 7.04. The quantitative estimate of drug-likeness (QED) is 0.759. The number of aromatic nitrogens is 1. The molecule has 1 aromatic rings. The van der Waals surface area contributed by atoms with Crippen LogP contribution in [-0.2, 0) is 9.59 Å². The first kappa shape index (κ1) is 20.8. The molecule has 154 valence electrons. The van der Waals surface area contributed by atoms with E-state index in [1.54, 1.807) is 10.3 Å². The number of carbonyl (C=O) groups is 3. The molecule has 0 radical (unpaired) electrons. The lowest BCUT2D eigenvalue weighted by atomic mass is 10.0. The molecule has 1 saturated heterocycles. The van der Waals surface area contributed by atoms with E-state index in [2.05, 4.69) is 29.5 Å². The van der Waals surface area contributed by atoms with E-state index in [0.29, 0.717) is 37.7 Å². The summed E-state index contributed by atoms with van der Waals surface area (Å²) < 4.78 is 0. The van der Waals surface area contributed by atoms with Crippen molar-refractivity contribution in [2.45, 2.75) is 58.4 Å². The van der Waals surface area contributed by atoms with Gasteiger partial charge in [-0.05, 0) is 25.2 Å². The molecule has 0 aromatic carbocycles. The average Bonchev–Trinajstić information content (AvgIpc) is 3.31. The molecule has 0 bridgehead atoms. The third-order valence-corrected chi connectivity index (χ3v) is 6.35. The molecule has 7 nitrogen and oxygen atoms in total. The first-order valence-electron chi connectivity index (χ1n) is 10.3. The minimum atomic E-state index is -0.160. The van der Waals surface area contributed by atoms with Crippen molar-refractivity contribution >= 4 is 29.1 Å². The van der Waals surface area contributed by atoms with Crippen molar-refractivity contribution in [3.63, 3.8) is 0 Å². The Hall–Kier alpha value is -1.96. The largest absolute Gasteiger partial charge is 0.354 e. The number of amides is 3. The summed E-state index contributed by atoms with van der Waals surface area (Å²) in [6.45, 7) is 5.61. The molecule has 8 heteroatoms. The first-order valence-corrected chi connectivity index (χ1v) is 11.1. The summed E-state index contributed by atoms with van der Waals surface area (Å²) in [7, 11) is 0. The lowest BCUT2D eigenvalue weighted by molar-refractivity contribution is -0.125. The second-order valence-electron chi connectivity index (χ2n) is 8.14. The van der Waals surface area contributed by atoms with Gasteiger partial charge in [-0.15, -0.1) is 11.3 Å². The van der Waals surface area contributed by atoms with Crippen LogP contribution in [0.2, 0.25) is 0 Å². The number of rotatable bonds is 6. The maximum Gasteiger partial charge on any atom is 0.273 e. The summed E-state index contributed by atoms with van der Waals surface area (Å²) in [5.74, 6) is 0.450. The molecule has 2 aliphatic rings. The maximum absolute atomic E-state index is 12.8. The van der Waals surface area contributed by atoms with E-state index in [9.17, 15) is 14.4 Å². The Bertz CT molecular complexity index is 712. The summed E-state index contributed by atoms with van der Waals surface area (Å²) in [6.07, 6.45) is 5.27. The van der Waals surface area contributed by atoms with Crippen molar-refractivity contribution in [2.24, 2.45) is 11.8 Å². The lowest BCUT2D eigenvalue weighted by Crippen LogP contribution is -2.35. The summed E-state index contributed by atoms with van der Waals surface area (Å²) in [4.78, 5) is 43.2. The molecule has 1 aromatic heterocycles. The molecule has 1 aliphatic heterocycles. The Labute approximate surface area is 170 Å². The Morgan fingerprint density at radius 3 is 2.79 bits per heavy atom. The highest BCUT2D eigenvalue weighted by Crippen LogP contribution is 2.29. The van der Waals surface area contributed by atoms with E-state index >= 15 is 0 Å². The van der Waals surface area contributed by atoms with Gasteiger partial charge in [0.05, 0.1) is 6.04 Å². The van der Waals surface area contributed by atoms with Gasteiger partial charge in [0, 0.05) is 37.4 Å². The van der Waals surface area contributed by atoms with E-state index < -0.39 is 0 Å². The van der Waals surface area contributed by atoms with Crippen LogP contribution in [0.4, 0.5) is 0 Å². The van der Waals surface area contributed by atoms with Crippen LogP contribution in [0.1, 0.15) is 73.9 Å². The van der Waals surface area contributed by atoms with Gasteiger partial charge in [-0.1, -0.05) is 26.7 Å². The third kappa shape index (κ3) is 5.31. The first-order chi connectivity index (χ1) is 13.4. The van der Waals surface area contributed by atoms with E-state index in [1.165, 1.54) is 11.3 Å². The summed E-state index contributed by atoms with van der Waals surface area (Å²) >= 11 is 1.43. The van der Waals surface area contributed by atoms with Crippen LogP contribution >= 0.6 is 11.3 Å². The highest BCUT2D eigenvalue weighted by molar-refractivity contribution is 7.09. The number of nitrogens with one attached hydrogen (secondary N) is 2. The molecule has 1 saturated carbocycles. The minimum absolute atomic E-state index is 0.0270. The molecule has 28 heavy (non-hydrogen) atoms. The topological polar surface area (TPSA) is 91.4 Å². The average molecular weight is 407 g/mol. The van der Waals surface area contributed by atoms with Crippen molar-refractivity contribution in [3.05, 3.63) is 16.1 Å². The summed E-state index contributed by atoms with van der Waals surface area (Å²) in [6, 6.07) is -0.160. The van der Waals surface area contributed by atoms with E-state index in [0.717, 1.165) is 37.1 Å². The highest BCUT2D eigenvalue weighted by atomic mass is 32.1. The maximum atomic E-state index is 12.8. The van der Waals surface area contributed by atoms with E-state index in [1.807, 2.05) is 0 Å². The zero-order valence-corrected chi connectivity index (χ0v) is 17.5. The molecule has 1 aliphatic carbocycles. The zero-order chi connectivity index (χ0) is 20.1. The van der Waals surface area contributed by atoms with Gasteiger partial charge >= 0.3 is 0 Å². The molecular weight excluding hydrogens is 376 g/mol. The van der Waals surface area contributed by atoms with Crippen LogP contribution in [0.3, 0.4) is 0 Å². The number of hydrogen-bond donors (Lipinski definition) is 2. The highest BCUT2D eigenvalue weighted by Gasteiger charge is 2.28. The van der Waals surface area contributed by atoms with Crippen molar-refractivity contribution in [1.82, 2.24) is 20.5 Å². The molecule has 1 atom stereocenters. The second kappa shape index (κ2) is 9.49. The van der Waals surface area contributed by atoms with Gasteiger partial charge in [0.15, 0.2) is 0 Å². The zero-order valence-electron chi connectivity index (χ0n) is 16.7. The van der Waals surface area contributed by atoms with Crippen LogP contribution < -0.4 is 10.6 Å². The molecule has 0 unspecified atom stereocenters. The lowest BCUT2D eigenvalue weighted by Gasteiger charge is -2.21. The van der Waals surface area contributed by atoms with Gasteiger partial charge in [0.2, 0.25) is 11.8 Å². The van der Waals surface area contributed by atoms with E-state index in [-0.39, 0.29) is 29.7 Å². The minimum Gasteiger partial charge on any atom is -0.354 e. The molecule has 2 fully saturated rings. The Morgan fingerprint density at radius 1 is 1.32 bits per heavy atom. The molecule has 2 heterocycles. The van der Waals surface area contributed by atoms with Gasteiger partial charge in [0.1, 0.15) is 10.7 Å². The monoisotopic (exact) mass is 406 g/mol. The smallest absolute Gasteiger partial charge is 0.273 e. The van der Waals surface area contributed by atoms with Gasteiger partial charge in [-0.25, -0.2) is 4.98 Å². The van der Waals surface area contributed by atoms with E-state index in [4.69, 9.17) is 0 Å². The normalized spacial score (nSPS) is 19.4. The van der Waals surface area contributed by atoms with Crippen LogP contribution in [0.25, 0.3) is 0 Å². The van der Waals surface area contributed by atoms with Gasteiger partial charge < -0.3 is 15.5 Å². The van der Waals surface area contributed by atoms with Crippen LogP contribution in [0.15, 0.2) is 5.38 Å². The SMILES string of the molecule is CC(C)C[C@H](NC(=O)C1CCCC1)c1nc(C(=O)N2CCNC(=O)CC2)cs1. The standard InChI is InChI=1S/C20H30N4O3S/c1-13(2)11-15(22-18(26)14-5-3-4-6-14)19-23-16(12-28-19)20(27)24-9-7-17(25)21-8-10-24/h12-15H,3-11H2,1-2H3,(H,21,25)(H,22,26)/t15-/m0/s1. The van der Waals surface area contributed by atoms with Crippen molar-refractivity contribution in [1.29, 1.82) is 0 Å². The summed E-state index contributed by atoms with van der Waals surface area (Å²) in [5.41, 5.74) is 0.401. The Morgan fingerprint density at radius 2 is 2.07 bits per heavy atom. The fourth-order valence-corrected chi connectivity index (χ4v) is 4.70. The molecule has 2 N–H and O–H groups in total. The van der Waals surface area contributed by atoms with Crippen molar-refractivity contribution in [2.75, 3.05) is 19.6 Å². The van der Waals surface area contributed by atoms with Gasteiger partial charge in [-0.3, -0.25) is 14.4 Å². The molecule has 3 rings (SSSR count). The molecule has 3 amide bonds. The van der Waals surface area contributed by atoms with Crippen molar-refractivity contribution in [3.8, 4) is 0 Å². The Balaban J connectivity index is 1.69. The number of nitrogens with zero attached hydrogens (tertiary/aromatic N) is 2. The van der Waals surface area contributed by atoms with Crippen molar-refractivity contribution < 1.29 is 14.4 Å². The van der Waals surface area contributed by atoms with Gasteiger partial charge in [-0.2, -0.15) is 0 Å². The fourth-order valence-electron chi connectivity index (χ4n) is 3.85. The van der Waals surface area contributed by atoms with Gasteiger partial charge in [0.25, 0.3) is 5.91 Å². The molecular formula is C20H30N4O3S.